The molecule has 1 aromatic heterocycles. The lowest BCUT2D eigenvalue weighted by Gasteiger charge is -2.19. The van der Waals surface area contributed by atoms with E-state index in [1.807, 2.05) is 43.3 Å². The summed E-state index contributed by atoms with van der Waals surface area (Å²) >= 11 is 0. The molecule has 0 bridgehead atoms. The molecule has 2 aromatic rings. The minimum Gasteiger partial charge on any atom is -0.493 e. The Morgan fingerprint density at radius 1 is 1.14 bits per heavy atom. The summed E-state index contributed by atoms with van der Waals surface area (Å²) < 4.78 is 16.8. The molecule has 2 N–H and O–H groups in total. The van der Waals surface area contributed by atoms with Crippen molar-refractivity contribution in [3.05, 3.63) is 48.2 Å². The van der Waals surface area contributed by atoms with Gasteiger partial charge >= 0.3 is 0 Å². The first-order valence-electron chi connectivity index (χ1n) is 9.48. The number of nitrogens with one attached hydrogen (secondary N) is 2. The molecule has 1 aromatic carbocycles. The maximum Gasteiger partial charge on any atom is 0.213 e. The number of hydrogen-bond donors (Lipinski definition) is 2. The summed E-state index contributed by atoms with van der Waals surface area (Å²) in [6.07, 6.45) is 2.71. The molecule has 160 valence electrons. The van der Waals surface area contributed by atoms with Crippen LogP contribution in [0.1, 0.15) is 25.8 Å². The second-order valence-electron chi connectivity index (χ2n) is 6.24. The van der Waals surface area contributed by atoms with Gasteiger partial charge in [-0.2, -0.15) is 0 Å². The third-order valence-corrected chi connectivity index (χ3v) is 3.89. The van der Waals surface area contributed by atoms with Gasteiger partial charge in [0.15, 0.2) is 17.5 Å². The number of pyridine rings is 1. The van der Waals surface area contributed by atoms with E-state index >= 15 is 0 Å². The van der Waals surface area contributed by atoms with Crippen molar-refractivity contribution in [2.24, 2.45) is 4.99 Å². The largest absolute Gasteiger partial charge is 0.493 e. The van der Waals surface area contributed by atoms with Gasteiger partial charge in [-0.3, -0.25) is 4.99 Å². The van der Waals surface area contributed by atoms with E-state index in [-0.39, 0.29) is 30.1 Å². The summed E-state index contributed by atoms with van der Waals surface area (Å²) in [5, 5.41) is 6.53. The number of methoxy groups -OCH3 is 1. The average Bonchev–Trinajstić information content (AvgIpc) is 2.73. The summed E-state index contributed by atoms with van der Waals surface area (Å²) in [6, 6.07) is 11.5. The summed E-state index contributed by atoms with van der Waals surface area (Å²) in [7, 11) is 3.37. The van der Waals surface area contributed by atoms with Crippen molar-refractivity contribution in [3.63, 3.8) is 0 Å². The van der Waals surface area contributed by atoms with Crippen LogP contribution in [0.3, 0.4) is 0 Å². The zero-order valence-electron chi connectivity index (χ0n) is 17.5. The molecule has 1 unspecified atom stereocenters. The molecule has 29 heavy (non-hydrogen) atoms. The van der Waals surface area contributed by atoms with E-state index in [0.717, 1.165) is 23.5 Å². The fraction of sp³-hybridized carbons (Fsp3) is 0.429. The van der Waals surface area contributed by atoms with Gasteiger partial charge < -0.3 is 24.8 Å². The molecule has 0 amide bonds. The lowest BCUT2D eigenvalue weighted by Crippen LogP contribution is -2.41. The van der Waals surface area contributed by atoms with Crippen molar-refractivity contribution >= 4 is 29.9 Å². The molecule has 0 saturated heterocycles. The zero-order valence-corrected chi connectivity index (χ0v) is 19.8. The second kappa shape index (κ2) is 13.9. The SMILES string of the molecule is CCCOc1ccc(CNC(=NC)NCC(C)Oc2ccccc2OC)cn1.I. The second-order valence-corrected chi connectivity index (χ2v) is 6.24. The molecule has 0 radical (unpaired) electrons. The summed E-state index contributed by atoms with van der Waals surface area (Å²) in [5.41, 5.74) is 1.05. The van der Waals surface area contributed by atoms with Gasteiger partial charge in [0.25, 0.3) is 0 Å². The number of ether oxygens (including phenoxy) is 3. The van der Waals surface area contributed by atoms with Crippen LogP contribution in [-0.4, -0.2) is 44.4 Å². The molecule has 8 heteroatoms. The molecule has 0 saturated carbocycles. The Kier molecular flexibility index (Phi) is 11.9. The summed E-state index contributed by atoms with van der Waals surface area (Å²) in [5.74, 6) is 2.78. The number of halogens is 1. The Labute approximate surface area is 190 Å². The van der Waals surface area contributed by atoms with Gasteiger partial charge in [-0.1, -0.05) is 25.1 Å². The number of rotatable bonds is 10. The highest BCUT2D eigenvalue weighted by Crippen LogP contribution is 2.26. The first-order chi connectivity index (χ1) is 13.7. The molecule has 0 aliphatic rings. The van der Waals surface area contributed by atoms with Gasteiger partial charge in [0.1, 0.15) is 6.10 Å². The smallest absolute Gasteiger partial charge is 0.213 e. The predicted molar refractivity (Wildman–Crippen MR) is 127 cm³/mol. The van der Waals surface area contributed by atoms with E-state index in [0.29, 0.717) is 31.5 Å². The molecular weight excluding hydrogens is 483 g/mol. The van der Waals surface area contributed by atoms with Gasteiger partial charge in [0.2, 0.25) is 5.88 Å². The molecule has 0 fully saturated rings. The third-order valence-electron chi connectivity index (χ3n) is 3.89. The minimum atomic E-state index is -0.0634. The van der Waals surface area contributed by atoms with Crippen molar-refractivity contribution in [3.8, 4) is 17.4 Å². The first kappa shape index (κ1) is 24.8. The molecule has 2 rings (SSSR count). The van der Waals surface area contributed by atoms with Crippen molar-refractivity contribution in [2.45, 2.75) is 32.9 Å². The molecule has 7 nitrogen and oxygen atoms in total. The highest BCUT2D eigenvalue weighted by molar-refractivity contribution is 14.0. The number of aromatic nitrogens is 1. The van der Waals surface area contributed by atoms with Crippen LogP contribution in [0.2, 0.25) is 0 Å². The molecule has 0 spiro atoms. The van der Waals surface area contributed by atoms with Crippen LogP contribution >= 0.6 is 24.0 Å². The first-order valence-corrected chi connectivity index (χ1v) is 9.48. The number of aliphatic imine (C=N–C) groups is 1. The topological polar surface area (TPSA) is 77.0 Å². The minimum absolute atomic E-state index is 0. The fourth-order valence-corrected chi connectivity index (χ4v) is 2.43. The molecular formula is C21H31IN4O3. The maximum atomic E-state index is 5.95. The van der Waals surface area contributed by atoms with E-state index in [1.165, 1.54) is 0 Å². The lowest BCUT2D eigenvalue weighted by molar-refractivity contribution is 0.213. The van der Waals surface area contributed by atoms with Crippen LogP contribution in [0.25, 0.3) is 0 Å². The van der Waals surface area contributed by atoms with Crippen molar-refractivity contribution in [1.82, 2.24) is 15.6 Å². The van der Waals surface area contributed by atoms with E-state index < -0.39 is 0 Å². The van der Waals surface area contributed by atoms with Crippen LogP contribution in [0.4, 0.5) is 0 Å². The molecule has 0 aliphatic carbocycles. The van der Waals surface area contributed by atoms with Crippen molar-refractivity contribution in [1.29, 1.82) is 0 Å². The number of para-hydroxylation sites is 2. The predicted octanol–water partition coefficient (Wildman–Crippen LogP) is 3.63. The molecule has 0 aliphatic heterocycles. The third kappa shape index (κ3) is 8.76. The van der Waals surface area contributed by atoms with E-state index in [1.54, 1.807) is 20.4 Å². The van der Waals surface area contributed by atoms with Crippen LogP contribution < -0.4 is 24.8 Å². The van der Waals surface area contributed by atoms with E-state index in [9.17, 15) is 0 Å². The maximum absolute atomic E-state index is 5.95. The Bertz CT molecular complexity index is 741. The van der Waals surface area contributed by atoms with Gasteiger partial charge in [0, 0.05) is 25.9 Å². The molecule has 1 heterocycles. The fourth-order valence-electron chi connectivity index (χ4n) is 2.43. The average molecular weight is 514 g/mol. The quantitative estimate of drug-likeness (QED) is 0.287. The van der Waals surface area contributed by atoms with Crippen LogP contribution in [0.15, 0.2) is 47.6 Å². The van der Waals surface area contributed by atoms with Crippen LogP contribution in [0, 0.1) is 0 Å². The van der Waals surface area contributed by atoms with E-state index in [2.05, 4.69) is 27.5 Å². The summed E-state index contributed by atoms with van der Waals surface area (Å²) in [6.45, 7) is 5.95. The lowest BCUT2D eigenvalue weighted by atomic mass is 10.3. The number of benzene rings is 1. The van der Waals surface area contributed by atoms with E-state index in [4.69, 9.17) is 14.2 Å². The Morgan fingerprint density at radius 3 is 2.52 bits per heavy atom. The van der Waals surface area contributed by atoms with Crippen LogP contribution in [-0.2, 0) is 6.54 Å². The standard InChI is InChI=1S/C21H30N4O3.HI/c1-5-12-27-20-11-10-17(14-23-20)15-25-21(22-3)24-13-16(2)28-19-9-7-6-8-18(19)26-4;/h6-11,14,16H,5,12-13,15H2,1-4H3,(H2,22,24,25);1H. The number of hydrogen-bond acceptors (Lipinski definition) is 5. The Hall–Kier alpha value is -2.23. The monoisotopic (exact) mass is 514 g/mol. The molecule has 1 atom stereocenters. The number of nitrogens with zero attached hydrogens (tertiary/aromatic N) is 2. The van der Waals surface area contributed by atoms with Gasteiger partial charge in [-0.05, 0) is 31.0 Å². The highest BCUT2D eigenvalue weighted by Gasteiger charge is 2.09. The van der Waals surface area contributed by atoms with Crippen LogP contribution in [0.5, 0.6) is 17.4 Å². The van der Waals surface area contributed by atoms with Gasteiger partial charge in [0.05, 0.1) is 20.3 Å². The number of guanidine groups is 1. The van der Waals surface area contributed by atoms with Crippen molar-refractivity contribution in [2.75, 3.05) is 27.3 Å². The normalized spacial score (nSPS) is 11.8. The summed E-state index contributed by atoms with van der Waals surface area (Å²) in [4.78, 5) is 8.55. The van der Waals surface area contributed by atoms with Gasteiger partial charge in [-0.25, -0.2) is 4.98 Å². The van der Waals surface area contributed by atoms with Crippen molar-refractivity contribution < 1.29 is 14.2 Å². The Morgan fingerprint density at radius 2 is 1.90 bits per heavy atom. The zero-order chi connectivity index (χ0) is 20.2. The Balaban J connectivity index is 0.00000420. The van der Waals surface area contributed by atoms with Gasteiger partial charge in [-0.15, -0.1) is 24.0 Å². The highest BCUT2D eigenvalue weighted by atomic mass is 127.